The molecule has 1 amide bonds. The van der Waals surface area contributed by atoms with Gasteiger partial charge in [0.15, 0.2) is 0 Å². The van der Waals surface area contributed by atoms with Crippen molar-refractivity contribution in [2.45, 2.75) is 18.9 Å². The number of aliphatic carboxylic acids is 1. The summed E-state index contributed by atoms with van der Waals surface area (Å²) in [5.74, 6) is -1.16. The van der Waals surface area contributed by atoms with Crippen molar-refractivity contribution in [1.29, 1.82) is 0 Å². The first-order chi connectivity index (χ1) is 9.66. The first-order valence-corrected chi connectivity index (χ1v) is 7.90. The van der Waals surface area contributed by atoms with E-state index in [-0.39, 0.29) is 5.91 Å². The van der Waals surface area contributed by atoms with Crippen molar-refractivity contribution in [1.82, 2.24) is 9.88 Å². The highest BCUT2D eigenvalue weighted by atomic mass is 32.1. The summed E-state index contributed by atoms with van der Waals surface area (Å²) in [5.41, 5.74) is 0. The molecule has 1 aliphatic rings. The average molecular weight is 308 g/mol. The predicted molar refractivity (Wildman–Crippen MR) is 77.1 cm³/mol. The van der Waals surface area contributed by atoms with Gasteiger partial charge in [0, 0.05) is 6.54 Å². The van der Waals surface area contributed by atoms with Gasteiger partial charge in [0.25, 0.3) is 5.91 Å². The minimum atomic E-state index is -0.932. The van der Waals surface area contributed by atoms with Gasteiger partial charge in [-0.15, -0.1) is 22.7 Å². The minimum absolute atomic E-state index is 0.227. The topological polar surface area (TPSA) is 70.5 Å². The van der Waals surface area contributed by atoms with Crippen molar-refractivity contribution in [2.75, 3.05) is 6.54 Å². The lowest BCUT2D eigenvalue weighted by Crippen LogP contribution is -2.40. The monoisotopic (exact) mass is 308 g/mol. The smallest absolute Gasteiger partial charge is 0.326 e. The van der Waals surface area contributed by atoms with Crippen LogP contribution in [0.25, 0.3) is 9.88 Å². The molecule has 104 valence electrons. The first kappa shape index (κ1) is 13.3. The van der Waals surface area contributed by atoms with Gasteiger partial charge in [0.1, 0.15) is 15.9 Å². The Labute approximate surface area is 123 Å². The standard InChI is InChI=1S/C13H12N2O3S2/c16-12(15-5-1-3-8(15)13(17)18)10-7-14-11(20-10)9-4-2-6-19-9/h2,4,6-8H,1,3,5H2,(H,17,18)/t8-/m0/s1. The number of rotatable bonds is 3. The maximum Gasteiger partial charge on any atom is 0.326 e. The van der Waals surface area contributed by atoms with Crippen LogP contribution in [0.4, 0.5) is 0 Å². The number of hydrogen-bond acceptors (Lipinski definition) is 5. The molecule has 0 aromatic carbocycles. The van der Waals surface area contributed by atoms with E-state index >= 15 is 0 Å². The lowest BCUT2D eigenvalue weighted by molar-refractivity contribution is -0.141. The molecule has 3 heterocycles. The Balaban J connectivity index is 1.83. The van der Waals surface area contributed by atoms with Gasteiger partial charge >= 0.3 is 5.97 Å². The molecule has 0 unspecified atom stereocenters. The van der Waals surface area contributed by atoms with E-state index in [9.17, 15) is 9.59 Å². The number of hydrogen-bond donors (Lipinski definition) is 1. The van der Waals surface area contributed by atoms with Crippen LogP contribution in [0.2, 0.25) is 0 Å². The Morgan fingerprint density at radius 1 is 1.45 bits per heavy atom. The van der Waals surface area contributed by atoms with Crippen LogP contribution in [0.1, 0.15) is 22.5 Å². The van der Waals surface area contributed by atoms with Gasteiger partial charge in [-0.3, -0.25) is 4.79 Å². The molecular formula is C13H12N2O3S2. The zero-order valence-electron chi connectivity index (χ0n) is 10.5. The van der Waals surface area contributed by atoms with Crippen LogP contribution in [-0.2, 0) is 4.79 Å². The quantitative estimate of drug-likeness (QED) is 0.946. The molecule has 1 fully saturated rings. The summed E-state index contributed by atoms with van der Waals surface area (Å²) in [6.07, 6.45) is 2.80. The molecule has 0 bridgehead atoms. The van der Waals surface area contributed by atoms with Gasteiger partial charge < -0.3 is 10.0 Å². The first-order valence-electron chi connectivity index (χ1n) is 6.20. The largest absolute Gasteiger partial charge is 0.480 e. The highest BCUT2D eigenvalue weighted by molar-refractivity contribution is 7.21. The molecule has 2 aromatic heterocycles. The third-order valence-corrected chi connectivity index (χ3v) is 5.27. The third kappa shape index (κ3) is 2.34. The summed E-state index contributed by atoms with van der Waals surface area (Å²) in [4.78, 5) is 30.7. The third-order valence-electron chi connectivity index (χ3n) is 3.25. The fourth-order valence-electron chi connectivity index (χ4n) is 2.30. The second kappa shape index (κ2) is 5.34. The number of amides is 1. The van der Waals surface area contributed by atoms with Crippen LogP contribution < -0.4 is 0 Å². The second-order valence-electron chi connectivity index (χ2n) is 4.50. The lowest BCUT2D eigenvalue weighted by atomic mass is 10.2. The van der Waals surface area contributed by atoms with E-state index < -0.39 is 12.0 Å². The summed E-state index contributed by atoms with van der Waals surface area (Å²) in [6, 6.07) is 3.19. The molecule has 0 saturated carbocycles. The minimum Gasteiger partial charge on any atom is -0.480 e. The Morgan fingerprint density at radius 2 is 2.30 bits per heavy atom. The Morgan fingerprint density at radius 3 is 3.00 bits per heavy atom. The van der Waals surface area contributed by atoms with Crippen molar-refractivity contribution in [3.63, 3.8) is 0 Å². The van der Waals surface area contributed by atoms with E-state index in [1.165, 1.54) is 16.2 Å². The summed E-state index contributed by atoms with van der Waals surface area (Å²) in [6.45, 7) is 0.502. The molecule has 3 rings (SSSR count). The molecule has 0 aliphatic carbocycles. The Bertz CT molecular complexity index is 636. The average Bonchev–Trinajstić information content (AvgIpc) is 3.17. The summed E-state index contributed by atoms with van der Waals surface area (Å²) in [5, 5.41) is 11.9. The van der Waals surface area contributed by atoms with Gasteiger partial charge in [0.2, 0.25) is 0 Å². The van der Waals surface area contributed by atoms with Crippen LogP contribution in [0.15, 0.2) is 23.7 Å². The summed E-state index contributed by atoms with van der Waals surface area (Å²) >= 11 is 2.88. The van der Waals surface area contributed by atoms with E-state index in [1.807, 2.05) is 17.5 Å². The number of carboxylic acids is 1. The Hall–Kier alpha value is -1.73. The lowest BCUT2D eigenvalue weighted by Gasteiger charge is -2.20. The SMILES string of the molecule is O=C(O)[C@@H]1CCCN1C(=O)c1cnc(-c2cccs2)s1. The molecule has 2 aromatic rings. The number of carbonyl (C=O) groups is 2. The number of carboxylic acid groups (broad SMARTS) is 1. The summed E-state index contributed by atoms with van der Waals surface area (Å²) in [7, 11) is 0. The van der Waals surface area contributed by atoms with Crippen molar-refractivity contribution >= 4 is 34.6 Å². The zero-order chi connectivity index (χ0) is 14.1. The van der Waals surface area contributed by atoms with E-state index in [2.05, 4.69) is 4.98 Å². The maximum absolute atomic E-state index is 12.4. The van der Waals surface area contributed by atoms with Gasteiger partial charge in [-0.25, -0.2) is 9.78 Å². The normalized spacial score (nSPS) is 18.4. The van der Waals surface area contributed by atoms with Crippen molar-refractivity contribution in [3.8, 4) is 9.88 Å². The van der Waals surface area contributed by atoms with Gasteiger partial charge in [-0.05, 0) is 24.3 Å². The molecule has 7 heteroatoms. The molecule has 0 radical (unpaired) electrons. The van der Waals surface area contributed by atoms with Gasteiger partial charge in [-0.2, -0.15) is 0 Å². The van der Waals surface area contributed by atoms with Gasteiger partial charge in [-0.1, -0.05) is 6.07 Å². The van der Waals surface area contributed by atoms with Crippen LogP contribution in [0.5, 0.6) is 0 Å². The molecule has 1 N–H and O–H groups in total. The molecule has 0 spiro atoms. The molecule has 1 saturated heterocycles. The molecule has 20 heavy (non-hydrogen) atoms. The predicted octanol–water partition coefficient (Wildman–Crippen LogP) is 2.56. The van der Waals surface area contributed by atoms with E-state index in [0.717, 1.165) is 16.3 Å². The number of likely N-dealkylation sites (tertiary alicyclic amines) is 1. The highest BCUT2D eigenvalue weighted by Gasteiger charge is 2.35. The highest BCUT2D eigenvalue weighted by Crippen LogP contribution is 2.30. The van der Waals surface area contributed by atoms with Crippen LogP contribution >= 0.6 is 22.7 Å². The van der Waals surface area contributed by atoms with E-state index in [4.69, 9.17) is 5.11 Å². The number of thiophene rings is 1. The van der Waals surface area contributed by atoms with Crippen molar-refractivity contribution < 1.29 is 14.7 Å². The van der Waals surface area contributed by atoms with Crippen LogP contribution in [0.3, 0.4) is 0 Å². The molecule has 1 aliphatic heterocycles. The fraction of sp³-hybridized carbons (Fsp3) is 0.308. The molecular weight excluding hydrogens is 296 g/mol. The summed E-state index contributed by atoms with van der Waals surface area (Å²) < 4.78 is 0. The fourth-order valence-corrected chi connectivity index (χ4v) is 3.97. The van der Waals surface area contributed by atoms with Crippen LogP contribution in [-0.4, -0.2) is 39.5 Å². The second-order valence-corrected chi connectivity index (χ2v) is 6.48. The molecule has 1 atom stereocenters. The number of nitrogens with zero attached hydrogens (tertiary/aromatic N) is 2. The number of aromatic nitrogens is 1. The number of thiazole rings is 1. The van der Waals surface area contributed by atoms with Crippen LogP contribution in [0, 0.1) is 0 Å². The number of carbonyl (C=O) groups excluding carboxylic acids is 1. The Kier molecular flexibility index (Phi) is 3.54. The van der Waals surface area contributed by atoms with E-state index in [0.29, 0.717) is 17.8 Å². The maximum atomic E-state index is 12.4. The van der Waals surface area contributed by atoms with Crippen molar-refractivity contribution in [2.24, 2.45) is 0 Å². The molecule has 5 nitrogen and oxygen atoms in total. The van der Waals surface area contributed by atoms with Crippen molar-refractivity contribution in [3.05, 3.63) is 28.6 Å². The zero-order valence-corrected chi connectivity index (χ0v) is 12.1. The van der Waals surface area contributed by atoms with E-state index in [1.54, 1.807) is 17.5 Å². The van der Waals surface area contributed by atoms with Gasteiger partial charge in [0.05, 0.1) is 11.1 Å².